The lowest BCUT2D eigenvalue weighted by atomic mass is 10.0. The van der Waals surface area contributed by atoms with E-state index in [1.165, 1.54) is 11.3 Å². The fourth-order valence-electron chi connectivity index (χ4n) is 3.32. The maximum atomic E-state index is 12.9. The molecular weight excluding hydrogens is 368 g/mol. The maximum Gasteiger partial charge on any atom is 0.294 e. The Hall–Kier alpha value is -1.86. The second-order valence-corrected chi connectivity index (χ2v) is 8.69. The molecule has 0 bridgehead atoms. The van der Waals surface area contributed by atoms with Crippen LogP contribution >= 0.6 is 23.1 Å². The zero-order chi connectivity index (χ0) is 18.1. The molecule has 136 valence electrons. The first-order chi connectivity index (χ1) is 12.6. The molecule has 0 spiro atoms. The summed E-state index contributed by atoms with van der Waals surface area (Å²) < 4.78 is 0. The summed E-state index contributed by atoms with van der Waals surface area (Å²) in [5, 5.41) is 1.56. The van der Waals surface area contributed by atoms with Crippen LogP contribution in [0.3, 0.4) is 0 Å². The van der Waals surface area contributed by atoms with Gasteiger partial charge in [0.1, 0.15) is 6.54 Å². The minimum Gasteiger partial charge on any atom is -0.312 e. The van der Waals surface area contributed by atoms with E-state index in [0.717, 1.165) is 65.8 Å². The van der Waals surface area contributed by atoms with Crippen molar-refractivity contribution >= 4 is 46.2 Å². The van der Waals surface area contributed by atoms with Gasteiger partial charge in [0, 0.05) is 16.6 Å². The predicted molar refractivity (Wildman–Crippen MR) is 103 cm³/mol. The van der Waals surface area contributed by atoms with E-state index in [9.17, 15) is 14.4 Å². The molecule has 1 aliphatic heterocycles. The van der Waals surface area contributed by atoms with Crippen molar-refractivity contribution in [2.45, 2.75) is 44.6 Å². The molecule has 0 unspecified atom stereocenters. The van der Waals surface area contributed by atoms with E-state index in [1.54, 1.807) is 6.08 Å². The molecule has 3 aliphatic rings. The summed E-state index contributed by atoms with van der Waals surface area (Å²) in [5.74, 6) is -0.504. The molecule has 26 heavy (non-hydrogen) atoms. The lowest BCUT2D eigenvalue weighted by Gasteiger charge is -2.29. The highest BCUT2D eigenvalue weighted by Gasteiger charge is 2.40. The van der Waals surface area contributed by atoms with Crippen molar-refractivity contribution < 1.29 is 14.4 Å². The number of carbonyl (C=O) groups excluding carboxylic acids is 3. The monoisotopic (exact) mass is 388 g/mol. The summed E-state index contributed by atoms with van der Waals surface area (Å²) >= 11 is 2.42. The fourth-order valence-corrected chi connectivity index (χ4v) is 4.88. The van der Waals surface area contributed by atoms with Gasteiger partial charge in [-0.05, 0) is 67.8 Å². The van der Waals surface area contributed by atoms with Crippen molar-refractivity contribution in [3.05, 3.63) is 39.1 Å². The van der Waals surface area contributed by atoms with Crippen molar-refractivity contribution in [2.24, 2.45) is 0 Å². The highest BCUT2D eigenvalue weighted by atomic mass is 32.2. The van der Waals surface area contributed by atoms with Crippen LogP contribution in [0, 0.1) is 0 Å². The van der Waals surface area contributed by atoms with Crippen LogP contribution in [0.1, 0.15) is 43.4 Å². The number of rotatable bonds is 5. The van der Waals surface area contributed by atoms with E-state index in [1.807, 2.05) is 22.4 Å². The highest BCUT2D eigenvalue weighted by Crippen LogP contribution is 2.36. The summed E-state index contributed by atoms with van der Waals surface area (Å²) in [6.07, 6.45) is 10.0. The Kier molecular flexibility index (Phi) is 5.00. The van der Waals surface area contributed by atoms with E-state index in [-0.39, 0.29) is 29.6 Å². The molecule has 0 radical (unpaired) electrons. The number of thioether (sulfide) groups is 1. The van der Waals surface area contributed by atoms with Gasteiger partial charge in [0.25, 0.3) is 11.1 Å². The van der Waals surface area contributed by atoms with Crippen LogP contribution < -0.4 is 0 Å². The molecule has 5 nitrogen and oxygen atoms in total. The smallest absolute Gasteiger partial charge is 0.294 e. The topological polar surface area (TPSA) is 57.7 Å². The molecule has 7 heteroatoms. The molecule has 2 fully saturated rings. The van der Waals surface area contributed by atoms with Gasteiger partial charge in [-0.3, -0.25) is 19.3 Å². The maximum absolute atomic E-state index is 12.9. The number of allylic oxidation sites excluding steroid dienone is 2. The first-order valence-corrected chi connectivity index (χ1v) is 10.6. The van der Waals surface area contributed by atoms with Crippen LogP contribution in [0.25, 0.3) is 6.08 Å². The molecule has 1 saturated carbocycles. The number of imide groups is 1. The Morgan fingerprint density at radius 2 is 2.15 bits per heavy atom. The minimum absolute atomic E-state index is 0.139. The summed E-state index contributed by atoms with van der Waals surface area (Å²) in [7, 11) is 0. The molecule has 2 heterocycles. The first kappa shape index (κ1) is 17.5. The Morgan fingerprint density at radius 1 is 1.31 bits per heavy atom. The molecule has 0 atom stereocenters. The lowest BCUT2D eigenvalue weighted by molar-refractivity contribution is -0.135. The second-order valence-electron chi connectivity index (χ2n) is 6.72. The minimum atomic E-state index is -0.366. The molecule has 3 amide bonds. The summed E-state index contributed by atoms with van der Waals surface area (Å²) in [6, 6.07) is 4.04. The van der Waals surface area contributed by atoms with E-state index in [4.69, 9.17) is 0 Å². The van der Waals surface area contributed by atoms with Gasteiger partial charge in [0.2, 0.25) is 5.91 Å². The third-order valence-corrected chi connectivity index (χ3v) is 6.47. The van der Waals surface area contributed by atoms with Crippen molar-refractivity contribution in [3.63, 3.8) is 0 Å². The third kappa shape index (κ3) is 3.64. The normalized spacial score (nSPS) is 22.1. The lowest BCUT2D eigenvalue weighted by Crippen LogP contribution is -2.42. The van der Waals surface area contributed by atoms with E-state index in [2.05, 4.69) is 6.08 Å². The van der Waals surface area contributed by atoms with Crippen molar-refractivity contribution in [3.8, 4) is 0 Å². The zero-order valence-corrected chi connectivity index (χ0v) is 16.0. The van der Waals surface area contributed by atoms with Gasteiger partial charge in [-0.25, -0.2) is 0 Å². The Labute approximate surface area is 160 Å². The van der Waals surface area contributed by atoms with Crippen LogP contribution in [0.15, 0.2) is 34.2 Å². The van der Waals surface area contributed by atoms with Crippen LogP contribution in [-0.4, -0.2) is 39.4 Å². The van der Waals surface area contributed by atoms with Gasteiger partial charge >= 0.3 is 0 Å². The molecule has 0 N–H and O–H groups in total. The summed E-state index contributed by atoms with van der Waals surface area (Å²) in [4.78, 5) is 42.0. The average molecular weight is 389 g/mol. The van der Waals surface area contributed by atoms with Gasteiger partial charge in [-0.15, -0.1) is 11.3 Å². The van der Waals surface area contributed by atoms with Crippen LogP contribution in [0.2, 0.25) is 0 Å². The number of hydrogen-bond donors (Lipinski definition) is 0. The molecular formula is C19H20N2O3S2. The fraction of sp³-hybridized carbons (Fsp3) is 0.421. The number of amides is 3. The Morgan fingerprint density at radius 3 is 2.81 bits per heavy atom. The SMILES string of the molecule is O=C1S/C(=C\c2cccs2)C(=O)N1CC(=O)N(C1=CCCCC1)C1CC1. The molecule has 2 aliphatic carbocycles. The molecule has 4 rings (SSSR count). The molecule has 1 saturated heterocycles. The van der Waals surface area contributed by atoms with Crippen molar-refractivity contribution in [1.82, 2.24) is 9.80 Å². The summed E-state index contributed by atoms with van der Waals surface area (Å²) in [5.41, 5.74) is 1.07. The molecule has 1 aromatic heterocycles. The standard InChI is InChI=1S/C19H20N2O3S2/c22-17(21(14-8-9-14)13-5-2-1-3-6-13)12-20-18(23)16(26-19(20)24)11-15-7-4-10-25-15/h4-5,7,10-11,14H,1-3,6,8-9,12H2/b16-11-. The summed E-state index contributed by atoms with van der Waals surface area (Å²) in [6.45, 7) is -0.166. The molecule has 1 aromatic rings. The largest absolute Gasteiger partial charge is 0.312 e. The number of hydrogen-bond acceptors (Lipinski definition) is 5. The number of carbonyl (C=O) groups is 3. The van der Waals surface area contributed by atoms with Gasteiger partial charge < -0.3 is 4.90 Å². The first-order valence-electron chi connectivity index (χ1n) is 8.93. The Bertz CT molecular complexity index is 794. The van der Waals surface area contributed by atoms with Crippen LogP contribution in [0.4, 0.5) is 4.79 Å². The zero-order valence-electron chi connectivity index (χ0n) is 14.3. The number of nitrogens with zero attached hydrogens (tertiary/aromatic N) is 2. The van der Waals surface area contributed by atoms with Crippen molar-refractivity contribution in [1.29, 1.82) is 0 Å². The quantitative estimate of drug-likeness (QED) is 0.708. The van der Waals surface area contributed by atoms with Crippen molar-refractivity contribution in [2.75, 3.05) is 6.54 Å². The second kappa shape index (κ2) is 7.40. The van der Waals surface area contributed by atoms with Gasteiger partial charge in [-0.2, -0.15) is 0 Å². The van der Waals surface area contributed by atoms with Crippen LogP contribution in [0.5, 0.6) is 0 Å². The van der Waals surface area contributed by atoms with E-state index < -0.39 is 0 Å². The highest BCUT2D eigenvalue weighted by molar-refractivity contribution is 8.18. The van der Waals surface area contributed by atoms with Gasteiger partial charge in [0.05, 0.1) is 4.91 Å². The van der Waals surface area contributed by atoms with E-state index in [0.29, 0.717) is 4.91 Å². The average Bonchev–Trinajstić information content (AvgIpc) is 3.27. The predicted octanol–water partition coefficient (Wildman–Crippen LogP) is 4.23. The molecule has 0 aromatic carbocycles. The third-order valence-electron chi connectivity index (χ3n) is 4.74. The number of thiophene rings is 1. The van der Waals surface area contributed by atoms with Crippen LogP contribution in [-0.2, 0) is 9.59 Å². The van der Waals surface area contributed by atoms with Gasteiger partial charge in [0.15, 0.2) is 0 Å². The van der Waals surface area contributed by atoms with Gasteiger partial charge in [-0.1, -0.05) is 12.1 Å². The Balaban J connectivity index is 1.49. The van der Waals surface area contributed by atoms with E-state index >= 15 is 0 Å².